The van der Waals surface area contributed by atoms with Gasteiger partial charge in [-0.2, -0.15) is 9.97 Å². The molecule has 1 aromatic heterocycles. The topological polar surface area (TPSA) is 67.8 Å². The molecular weight excluding hydrogens is 424 g/mol. The summed E-state index contributed by atoms with van der Waals surface area (Å²) in [4.78, 5) is 12.2. The molecule has 32 heavy (non-hydrogen) atoms. The number of halogens is 1. The second kappa shape index (κ2) is 10.5. The van der Waals surface area contributed by atoms with Gasteiger partial charge >= 0.3 is 0 Å². The van der Waals surface area contributed by atoms with E-state index in [1.807, 2.05) is 12.1 Å². The molecule has 0 radical (unpaired) electrons. The number of fused-ring (bicyclic) bond motifs is 1. The van der Waals surface area contributed by atoms with Crippen molar-refractivity contribution in [1.29, 1.82) is 0 Å². The van der Waals surface area contributed by atoms with Crippen LogP contribution < -0.4 is 15.2 Å². The Labute approximate surface area is 195 Å². The molecule has 0 unspecified atom stereocenters. The quantitative estimate of drug-likeness (QED) is 0.613. The van der Waals surface area contributed by atoms with Crippen LogP contribution in [0.5, 0.6) is 0 Å². The molecule has 4 rings (SSSR count). The number of aromatic nitrogens is 2. The smallest absolute Gasteiger partial charge is 0.229 e. The number of nitrogens with zero attached hydrogens (tertiary/aromatic N) is 5. The third-order valence-electron chi connectivity index (χ3n) is 6.27. The van der Waals surface area contributed by atoms with Crippen molar-refractivity contribution in [3.05, 3.63) is 52.1 Å². The van der Waals surface area contributed by atoms with Gasteiger partial charge in [0.15, 0.2) is 5.82 Å². The van der Waals surface area contributed by atoms with E-state index in [0.717, 1.165) is 86.5 Å². The van der Waals surface area contributed by atoms with E-state index in [9.17, 15) is 0 Å². The lowest BCUT2D eigenvalue weighted by Gasteiger charge is -2.24. The van der Waals surface area contributed by atoms with Crippen molar-refractivity contribution in [2.24, 2.45) is 0 Å². The molecular formula is C24H33ClN6O. The van der Waals surface area contributed by atoms with Crippen molar-refractivity contribution in [1.82, 2.24) is 15.0 Å². The highest BCUT2D eigenvalue weighted by atomic mass is 35.5. The SMILES string of the molecule is CN1Cc2c(NCCc3ccc(Cl)cc3)nc(N3CCC/C(=C/CCO)CC3)nc2N1C. The molecule has 0 bridgehead atoms. The summed E-state index contributed by atoms with van der Waals surface area (Å²) in [6.07, 6.45) is 6.99. The fraction of sp³-hybridized carbons (Fsp3) is 0.500. The fourth-order valence-corrected chi connectivity index (χ4v) is 4.45. The molecule has 1 fully saturated rings. The zero-order chi connectivity index (χ0) is 22.5. The van der Waals surface area contributed by atoms with Crippen LogP contribution in [0.2, 0.25) is 5.02 Å². The second-order valence-electron chi connectivity index (χ2n) is 8.53. The number of rotatable bonds is 7. The average Bonchev–Trinajstić information content (AvgIpc) is 2.95. The number of aliphatic hydroxyl groups is 1. The summed E-state index contributed by atoms with van der Waals surface area (Å²) >= 11 is 6.01. The Balaban J connectivity index is 1.51. The van der Waals surface area contributed by atoms with Gasteiger partial charge < -0.3 is 15.3 Å². The first kappa shape index (κ1) is 22.8. The van der Waals surface area contributed by atoms with Crippen LogP contribution in [0.4, 0.5) is 17.6 Å². The van der Waals surface area contributed by atoms with Crippen LogP contribution in [0.1, 0.15) is 36.8 Å². The van der Waals surface area contributed by atoms with Crippen LogP contribution in [-0.4, -0.2) is 60.4 Å². The monoisotopic (exact) mass is 456 g/mol. The summed E-state index contributed by atoms with van der Waals surface area (Å²) in [6, 6.07) is 8.01. The van der Waals surface area contributed by atoms with Crippen LogP contribution in [0.15, 0.2) is 35.9 Å². The fourth-order valence-electron chi connectivity index (χ4n) is 4.32. The predicted molar refractivity (Wildman–Crippen MR) is 131 cm³/mol. The summed E-state index contributed by atoms with van der Waals surface area (Å²) in [5.74, 6) is 2.70. The maximum Gasteiger partial charge on any atom is 0.229 e. The van der Waals surface area contributed by atoms with Crippen molar-refractivity contribution >= 4 is 29.2 Å². The summed E-state index contributed by atoms with van der Waals surface area (Å²) in [5, 5.41) is 17.7. The maximum absolute atomic E-state index is 9.12. The van der Waals surface area contributed by atoms with Gasteiger partial charge in [-0.15, -0.1) is 0 Å². The van der Waals surface area contributed by atoms with E-state index < -0.39 is 0 Å². The maximum atomic E-state index is 9.12. The molecule has 7 nitrogen and oxygen atoms in total. The number of hydrogen-bond donors (Lipinski definition) is 2. The van der Waals surface area contributed by atoms with Crippen LogP contribution in [0, 0.1) is 0 Å². The summed E-state index contributed by atoms with van der Waals surface area (Å²) in [6.45, 7) is 3.65. The lowest BCUT2D eigenvalue weighted by atomic mass is 10.1. The Kier molecular flexibility index (Phi) is 7.50. The van der Waals surface area contributed by atoms with Crippen LogP contribution >= 0.6 is 11.6 Å². The van der Waals surface area contributed by atoms with Crippen molar-refractivity contribution in [3.63, 3.8) is 0 Å². The number of hydrazine groups is 1. The van der Waals surface area contributed by atoms with Crippen molar-refractivity contribution in [2.75, 3.05) is 55.6 Å². The number of aliphatic hydroxyl groups excluding tert-OH is 1. The molecule has 2 aliphatic heterocycles. The zero-order valence-corrected chi connectivity index (χ0v) is 19.8. The van der Waals surface area contributed by atoms with Crippen LogP contribution in [-0.2, 0) is 13.0 Å². The average molecular weight is 457 g/mol. The minimum Gasteiger partial charge on any atom is -0.396 e. The minimum atomic E-state index is 0.214. The van der Waals surface area contributed by atoms with E-state index in [2.05, 4.69) is 52.5 Å². The lowest BCUT2D eigenvalue weighted by Crippen LogP contribution is -2.31. The molecule has 0 amide bonds. The lowest BCUT2D eigenvalue weighted by molar-refractivity contribution is 0.302. The van der Waals surface area contributed by atoms with E-state index in [0.29, 0.717) is 0 Å². The van der Waals surface area contributed by atoms with E-state index in [1.165, 1.54) is 11.1 Å². The van der Waals surface area contributed by atoms with Gasteiger partial charge in [0.2, 0.25) is 5.95 Å². The first-order valence-electron chi connectivity index (χ1n) is 11.4. The highest BCUT2D eigenvalue weighted by molar-refractivity contribution is 6.30. The summed E-state index contributed by atoms with van der Waals surface area (Å²) in [7, 11) is 4.13. The molecule has 2 N–H and O–H groups in total. The van der Waals surface area contributed by atoms with Crippen molar-refractivity contribution in [3.8, 4) is 0 Å². The Morgan fingerprint density at radius 1 is 1.12 bits per heavy atom. The Morgan fingerprint density at radius 3 is 2.72 bits per heavy atom. The summed E-state index contributed by atoms with van der Waals surface area (Å²) < 4.78 is 0. The number of hydrogen-bond acceptors (Lipinski definition) is 7. The first-order chi connectivity index (χ1) is 15.5. The van der Waals surface area contributed by atoms with Crippen LogP contribution in [0.3, 0.4) is 0 Å². The molecule has 0 spiro atoms. The molecule has 0 aliphatic carbocycles. The van der Waals surface area contributed by atoms with Crippen molar-refractivity contribution in [2.45, 2.75) is 38.6 Å². The number of nitrogens with one attached hydrogen (secondary N) is 1. The van der Waals surface area contributed by atoms with Gasteiger partial charge in [0.1, 0.15) is 5.82 Å². The molecule has 0 atom stereocenters. The molecule has 172 valence electrons. The minimum absolute atomic E-state index is 0.214. The Hall–Kier alpha value is -2.35. The summed E-state index contributed by atoms with van der Waals surface area (Å²) in [5.41, 5.74) is 3.82. The second-order valence-corrected chi connectivity index (χ2v) is 8.97. The van der Waals surface area contributed by atoms with Gasteiger partial charge in [0, 0.05) is 45.4 Å². The first-order valence-corrected chi connectivity index (χ1v) is 11.8. The molecule has 0 saturated carbocycles. The highest BCUT2D eigenvalue weighted by Gasteiger charge is 2.29. The number of anilines is 3. The van der Waals surface area contributed by atoms with Gasteiger partial charge in [-0.3, -0.25) is 5.01 Å². The van der Waals surface area contributed by atoms with E-state index in [1.54, 1.807) is 0 Å². The van der Waals surface area contributed by atoms with Crippen molar-refractivity contribution < 1.29 is 5.11 Å². The normalized spacial score (nSPS) is 18.2. The van der Waals surface area contributed by atoms with Crippen LogP contribution in [0.25, 0.3) is 0 Å². The predicted octanol–water partition coefficient (Wildman–Crippen LogP) is 3.88. The largest absolute Gasteiger partial charge is 0.396 e. The molecule has 2 aliphatic rings. The third-order valence-corrected chi connectivity index (χ3v) is 6.52. The molecule has 1 aromatic carbocycles. The Morgan fingerprint density at radius 2 is 1.94 bits per heavy atom. The van der Waals surface area contributed by atoms with E-state index >= 15 is 0 Å². The standard InChI is InChI=1S/C24H33ClN6O/c1-29-17-21-22(26-13-11-19-7-9-20(25)10-8-19)27-24(28-23(21)30(29)2)31-14-3-5-18(12-15-31)6-4-16-32/h6-10,32H,3-5,11-17H2,1-2H3,(H,26,27,28)/b18-6-. The molecule has 1 saturated heterocycles. The van der Waals surface area contributed by atoms with Gasteiger partial charge in [-0.25, -0.2) is 5.01 Å². The van der Waals surface area contributed by atoms with Gasteiger partial charge in [-0.05, 0) is 49.8 Å². The third kappa shape index (κ3) is 5.34. The van der Waals surface area contributed by atoms with Gasteiger partial charge in [-0.1, -0.05) is 35.4 Å². The van der Waals surface area contributed by atoms with E-state index in [4.69, 9.17) is 26.7 Å². The van der Waals surface area contributed by atoms with Gasteiger partial charge in [0.05, 0.1) is 12.1 Å². The number of benzene rings is 1. The van der Waals surface area contributed by atoms with Gasteiger partial charge in [0.25, 0.3) is 0 Å². The highest BCUT2D eigenvalue weighted by Crippen LogP contribution is 2.34. The molecule has 2 aromatic rings. The molecule has 3 heterocycles. The van der Waals surface area contributed by atoms with E-state index in [-0.39, 0.29) is 6.61 Å². The zero-order valence-electron chi connectivity index (χ0n) is 19.0. The molecule has 8 heteroatoms. The Bertz CT molecular complexity index is 948.